The number of nitrogens with zero attached hydrogens (tertiary/aromatic N) is 2. The number of aromatic nitrogens is 1. The van der Waals surface area contributed by atoms with Crippen LogP contribution in [0.4, 0.5) is 11.4 Å². The van der Waals surface area contributed by atoms with E-state index < -0.39 is 6.04 Å². The second-order valence-electron chi connectivity index (χ2n) is 9.72. The summed E-state index contributed by atoms with van der Waals surface area (Å²) < 4.78 is 0. The average Bonchev–Trinajstić information content (AvgIpc) is 3.09. The second-order valence-corrected chi connectivity index (χ2v) is 10.2. The molecule has 2 heterocycles. The molecule has 2 N–H and O–H groups in total. The topological polar surface area (TPSA) is 83.5 Å². The molecule has 0 aliphatic carbocycles. The molecule has 0 saturated heterocycles. The fourth-order valence-corrected chi connectivity index (χ4v) is 5.06. The van der Waals surface area contributed by atoms with E-state index in [0.717, 1.165) is 33.0 Å². The van der Waals surface area contributed by atoms with Crippen LogP contribution in [0.2, 0.25) is 5.02 Å². The summed E-state index contributed by atoms with van der Waals surface area (Å²) in [7, 11) is 0. The number of anilines is 2. The van der Waals surface area contributed by atoms with Crippen LogP contribution in [0.1, 0.15) is 22.3 Å². The van der Waals surface area contributed by atoms with Gasteiger partial charge in [-0.15, -0.1) is 0 Å². The highest BCUT2D eigenvalue weighted by Gasteiger charge is 2.26. The molecule has 5 aromatic rings. The van der Waals surface area contributed by atoms with Gasteiger partial charge in [0.1, 0.15) is 6.04 Å². The predicted molar refractivity (Wildman–Crippen MR) is 160 cm³/mol. The minimum atomic E-state index is -0.638. The Hall–Kier alpha value is -4.81. The summed E-state index contributed by atoms with van der Waals surface area (Å²) in [4.78, 5) is 34.9. The number of carbonyl (C=O) groups excluding carboxylic acids is 2. The molecule has 0 fully saturated rings. The summed E-state index contributed by atoms with van der Waals surface area (Å²) in [6.45, 7) is 0. The van der Waals surface area contributed by atoms with Crippen molar-refractivity contribution in [3.63, 3.8) is 0 Å². The fourth-order valence-electron chi connectivity index (χ4n) is 4.89. The maximum absolute atomic E-state index is 13.3. The molecule has 2 amide bonds. The number of aliphatic imine (C=N–C) groups is 1. The van der Waals surface area contributed by atoms with E-state index in [4.69, 9.17) is 16.6 Å². The van der Waals surface area contributed by atoms with Gasteiger partial charge >= 0.3 is 0 Å². The molecule has 6 nitrogen and oxygen atoms in total. The lowest BCUT2D eigenvalue weighted by atomic mass is 9.99. The average molecular weight is 545 g/mol. The molecule has 1 atom stereocenters. The number of carbonyl (C=O) groups is 2. The van der Waals surface area contributed by atoms with Crippen LogP contribution in [0.3, 0.4) is 0 Å². The van der Waals surface area contributed by atoms with Crippen LogP contribution in [0.25, 0.3) is 10.8 Å². The van der Waals surface area contributed by atoms with Crippen molar-refractivity contribution in [3.05, 3.63) is 137 Å². The van der Waals surface area contributed by atoms with Crippen molar-refractivity contribution in [2.75, 3.05) is 10.6 Å². The summed E-state index contributed by atoms with van der Waals surface area (Å²) in [5, 5.41) is 8.76. The molecular formula is C33H25ClN4O2. The molecule has 0 bridgehead atoms. The largest absolute Gasteiger partial charge is 0.326 e. The number of benzodiazepines with no additional fused rings is 1. The van der Waals surface area contributed by atoms with Gasteiger partial charge in [0, 0.05) is 40.7 Å². The molecule has 1 aliphatic heterocycles. The van der Waals surface area contributed by atoms with Crippen LogP contribution in [0.5, 0.6) is 0 Å². The standard InChI is InChI=1S/C33H25ClN4O2/c34-26-11-14-28-29(19-26)38-33(40)30(17-21-7-8-23-5-1-2-6-25(23)16-21)37-32(28)24-9-12-27(13-10-24)36-31(39)18-22-4-3-15-35-20-22/h1-16,19-20,30H,17-18H2,(H,36,39)(H,38,40). The zero-order valence-corrected chi connectivity index (χ0v) is 22.2. The number of amides is 2. The van der Waals surface area contributed by atoms with Gasteiger partial charge in [-0.25, -0.2) is 0 Å². The van der Waals surface area contributed by atoms with Gasteiger partial charge < -0.3 is 10.6 Å². The second kappa shape index (κ2) is 11.1. The van der Waals surface area contributed by atoms with E-state index in [1.54, 1.807) is 24.5 Å². The van der Waals surface area contributed by atoms with Crippen LogP contribution >= 0.6 is 11.6 Å². The SMILES string of the molecule is O=C(Cc1cccnc1)Nc1ccc(C2=NC(Cc3ccc4ccccc4c3)C(=O)Nc3cc(Cl)ccc32)cc1. The quantitative estimate of drug-likeness (QED) is 0.257. The lowest BCUT2D eigenvalue weighted by Crippen LogP contribution is -2.27. The van der Waals surface area contributed by atoms with Crippen LogP contribution in [0.15, 0.2) is 114 Å². The third kappa shape index (κ3) is 5.63. The third-order valence-electron chi connectivity index (χ3n) is 6.85. The first-order valence-electron chi connectivity index (χ1n) is 13.0. The Morgan fingerprint density at radius 1 is 0.875 bits per heavy atom. The summed E-state index contributed by atoms with van der Waals surface area (Å²) in [6, 6.07) is 30.3. The van der Waals surface area contributed by atoms with Gasteiger partial charge in [0.25, 0.3) is 0 Å². The highest BCUT2D eigenvalue weighted by Crippen LogP contribution is 2.29. The van der Waals surface area contributed by atoms with Crippen molar-refractivity contribution in [3.8, 4) is 0 Å². The van der Waals surface area contributed by atoms with Gasteiger partial charge in [0.05, 0.1) is 17.8 Å². The fraction of sp³-hybridized carbons (Fsp3) is 0.0909. The Labute approximate surface area is 236 Å². The smallest absolute Gasteiger partial charge is 0.249 e. The normalized spacial score (nSPS) is 14.6. The third-order valence-corrected chi connectivity index (χ3v) is 7.09. The minimum absolute atomic E-state index is 0.127. The van der Waals surface area contributed by atoms with Crippen LogP contribution in [-0.2, 0) is 22.4 Å². The summed E-state index contributed by atoms with van der Waals surface area (Å²) in [6.07, 6.45) is 4.04. The Morgan fingerprint density at radius 3 is 2.50 bits per heavy atom. The first kappa shape index (κ1) is 25.5. The van der Waals surface area contributed by atoms with Crippen molar-refractivity contribution in [2.45, 2.75) is 18.9 Å². The molecule has 0 spiro atoms. The first-order chi connectivity index (χ1) is 19.5. The van der Waals surface area contributed by atoms with Gasteiger partial charge in [-0.2, -0.15) is 0 Å². The molecule has 4 aromatic carbocycles. The minimum Gasteiger partial charge on any atom is -0.326 e. The Kier molecular flexibility index (Phi) is 7.08. The molecule has 1 aromatic heterocycles. The van der Waals surface area contributed by atoms with E-state index in [2.05, 4.69) is 39.9 Å². The van der Waals surface area contributed by atoms with E-state index in [-0.39, 0.29) is 18.2 Å². The molecule has 0 saturated carbocycles. The summed E-state index contributed by atoms with van der Waals surface area (Å²) in [5.74, 6) is -0.316. The molecule has 1 unspecified atom stereocenters. The number of hydrogen-bond donors (Lipinski definition) is 2. The maximum atomic E-state index is 13.3. The van der Waals surface area contributed by atoms with Gasteiger partial charge in [-0.1, -0.05) is 72.3 Å². The monoisotopic (exact) mass is 544 g/mol. The maximum Gasteiger partial charge on any atom is 0.249 e. The number of hydrogen-bond acceptors (Lipinski definition) is 4. The van der Waals surface area contributed by atoms with E-state index in [1.807, 2.05) is 60.7 Å². The first-order valence-corrected chi connectivity index (χ1v) is 13.3. The van der Waals surface area contributed by atoms with Crippen molar-refractivity contribution < 1.29 is 9.59 Å². The van der Waals surface area contributed by atoms with E-state index in [1.165, 1.54) is 0 Å². The molecule has 6 rings (SSSR count). The number of fused-ring (bicyclic) bond motifs is 2. The molecule has 1 aliphatic rings. The van der Waals surface area contributed by atoms with E-state index in [9.17, 15) is 9.59 Å². The lowest BCUT2D eigenvalue weighted by Gasteiger charge is -2.12. The van der Waals surface area contributed by atoms with Gasteiger partial charge in [0.2, 0.25) is 11.8 Å². The van der Waals surface area contributed by atoms with Gasteiger partial charge in [-0.05, 0) is 58.3 Å². The van der Waals surface area contributed by atoms with Crippen LogP contribution in [0, 0.1) is 0 Å². The number of rotatable bonds is 6. The molecule has 40 heavy (non-hydrogen) atoms. The van der Waals surface area contributed by atoms with Crippen molar-refractivity contribution in [2.24, 2.45) is 4.99 Å². The van der Waals surface area contributed by atoms with Crippen LogP contribution in [-0.4, -0.2) is 28.6 Å². The highest BCUT2D eigenvalue weighted by molar-refractivity contribution is 6.31. The zero-order valence-electron chi connectivity index (χ0n) is 21.5. The molecule has 196 valence electrons. The van der Waals surface area contributed by atoms with Gasteiger partial charge in [0.15, 0.2) is 0 Å². The Bertz CT molecular complexity index is 1750. The number of benzene rings is 4. The molecule has 0 radical (unpaired) electrons. The highest BCUT2D eigenvalue weighted by atomic mass is 35.5. The summed E-state index contributed by atoms with van der Waals surface area (Å²) in [5.41, 5.74) is 5.45. The number of halogens is 1. The van der Waals surface area contributed by atoms with Crippen molar-refractivity contribution in [1.82, 2.24) is 4.98 Å². The van der Waals surface area contributed by atoms with E-state index in [0.29, 0.717) is 28.5 Å². The molecule has 7 heteroatoms. The number of nitrogens with one attached hydrogen (secondary N) is 2. The Morgan fingerprint density at radius 2 is 1.70 bits per heavy atom. The predicted octanol–water partition coefficient (Wildman–Crippen LogP) is 6.47. The summed E-state index contributed by atoms with van der Waals surface area (Å²) >= 11 is 6.28. The Balaban J connectivity index is 1.30. The van der Waals surface area contributed by atoms with Gasteiger partial charge in [-0.3, -0.25) is 19.6 Å². The van der Waals surface area contributed by atoms with E-state index >= 15 is 0 Å². The molecular weight excluding hydrogens is 520 g/mol. The number of pyridine rings is 1. The zero-order chi connectivity index (χ0) is 27.5. The lowest BCUT2D eigenvalue weighted by molar-refractivity contribution is -0.117. The van der Waals surface area contributed by atoms with Crippen LogP contribution < -0.4 is 10.6 Å². The van der Waals surface area contributed by atoms with Crippen molar-refractivity contribution >= 4 is 51.3 Å². The van der Waals surface area contributed by atoms with Crippen molar-refractivity contribution in [1.29, 1.82) is 0 Å².